The molecule has 1 saturated heterocycles. The molecule has 2 unspecified atom stereocenters. The lowest BCUT2D eigenvalue weighted by molar-refractivity contribution is -0.122. The Hall–Kier alpha value is -2.76. The Morgan fingerprint density at radius 2 is 1.67 bits per heavy atom. The van der Waals surface area contributed by atoms with E-state index >= 15 is 0 Å². The number of hydrogen-bond acceptors (Lipinski definition) is 4. The minimum Gasteiger partial charge on any atom is -0.274 e. The lowest BCUT2D eigenvalue weighted by Gasteiger charge is -2.14. The highest BCUT2D eigenvalue weighted by atomic mass is 16.2. The van der Waals surface area contributed by atoms with Crippen molar-refractivity contribution in [3.63, 3.8) is 0 Å². The van der Waals surface area contributed by atoms with E-state index in [9.17, 15) is 9.59 Å². The number of carbonyl (C=O) groups is 2. The van der Waals surface area contributed by atoms with Crippen molar-refractivity contribution in [2.24, 2.45) is 11.8 Å². The smallest absolute Gasteiger partial charge is 0.258 e. The van der Waals surface area contributed by atoms with E-state index in [0.29, 0.717) is 25.1 Å². The van der Waals surface area contributed by atoms with Crippen molar-refractivity contribution in [1.82, 2.24) is 15.2 Å². The molecular formula is C18H20N4O2. The Morgan fingerprint density at radius 3 is 2.29 bits per heavy atom. The van der Waals surface area contributed by atoms with Gasteiger partial charge in [0.2, 0.25) is 11.8 Å². The van der Waals surface area contributed by atoms with Gasteiger partial charge in [0.1, 0.15) is 5.82 Å². The molecule has 24 heavy (non-hydrogen) atoms. The maximum Gasteiger partial charge on any atom is 0.258 e. The van der Waals surface area contributed by atoms with Crippen LogP contribution < -0.4 is 4.90 Å². The number of aromatic amines is 1. The van der Waals surface area contributed by atoms with Crippen molar-refractivity contribution in [2.75, 3.05) is 4.90 Å². The van der Waals surface area contributed by atoms with Crippen LogP contribution in [0.4, 0.5) is 5.95 Å². The molecule has 1 N–H and O–H groups in total. The summed E-state index contributed by atoms with van der Waals surface area (Å²) in [5, 5.41) is 6.91. The molecular weight excluding hydrogens is 304 g/mol. The molecule has 1 aliphatic heterocycles. The van der Waals surface area contributed by atoms with Gasteiger partial charge in [0.25, 0.3) is 5.95 Å². The zero-order chi connectivity index (χ0) is 15.8. The SMILES string of the molecule is C.O=C1C2CC=CCC2C(=O)N1c1n[nH]c(Cc2ccccc2)n1. The maximum absolute atomic E-state index is 12.5. The first-order chi connectivity index (χ1) is 11.2. The number of anilines is 1. The van der Waals surface area contributed by atoms with Crippen molar-refractivity contribution in [1.29, 1.82) is 0 Å². The largest absolute Gasteiger partial charge is 0.274 e. The summed E-state index contributed by atoms with van der Waals surface area (Å²) in [4.78, 5) is 30.5. The third kappa shape index (κ3) is 2.64. The van der Waals surface area contributed by atoms with E-state index in [1.54, 1.807) is 0 Å². The maximum atomic E-state index is 12.5. The number of aromatic nitrogens is 3. The number of allylic oxidation sites excluding steroid dienone is 2. The highest BCUT2D eigenvalue weighted by Gasteiger charge is 2.49. The standard InChI is InChI=1S/C17H16N4O2.CH4/c22-15-12-8-4-5-9-13(12)16(23)21(15)17-18-14(19-20-17)10-11-6-2-1-3-7-11;/h1-7,12-13H,8-10H2,(H,18,19,20);1H4. The van der Waals surface area contributed by atoms with E-state index < -0.39 is 0 Å². The molecule has 2 aromatic rings. The van der Waals surface area contributed by atoms with Crippen LogP contribution in [-0.4, -0.2) is 27.0 Å². The summed E-state index contributed by atoms with van der Waals surface area (Å²) in [7, 11) is 0. The molecule has 1 fully saturated rings. The van der Waals surface area contributed by atoms with Crippen LogP contribution in [-0.2, 0) is 16.0 Å². The van der Waals surface area contributed by atoms with Gasteiger partial charge >= 0.3 is 0 Å². The van der Waals surface area contributed by atoms with Crippen LogP contribution in [0.25, 0.3) is 0 Å². The van der Waals surface area contributed by atoms with Gasteiger partial charge in [0.05, 0.1) is 11.8 Å². The van der Waals surface area contributed by atoms with Crippen molar-refractivity contribution in [3.8, 4) is 0 Å². The van der Waals surface area contributed by atoms with E-state index in [-0.39, 0.29) is 37.0 Å². The van der Waals surface area contributed by atoms with E-state index in [1.807, 2.05) is 42.5 Å². The summed E-state index contributed by atoms with van der Waals surface area (Å²) in [6.07, 6.45) is 5.75. The van der Waals surface area contributed by atoms with Crippen molar-refractivity contribution >= 4 is 17.8 Å². The highest BCUT2D eigenvalue weighted by Crippen LogP contribution is 2.36. The number of hydrogen-bond donors (Lipinski definition) is 1. The summed E-state index contributed by atoms with van der Waals surface area (Å²) in [6.45, 7) is 0. The number of carbonyl (C=O) groups excluding carboxylic acids is 2. The van der Waals surface area contributed by atoms with Crippen molar-refractivity contribution in [2.45, 2.75) is 26.7 Å². The van der Waals surface area contributed by atoms with Crippen LogP contribution in [0.1, 0.15) is 31.7 Å². The van der Waals surface area contributed by atoms with Crippen LogP contribution in [0.5, 0.6) is 0 Å². The quantitative estimate of drug-likeness (QED) is 0.695. The number of amides is 2. The average molecular weight is 324 g/mol. The number of H-pyrrole nitrogens is 1. The molecule has 0 saturated carbocycles. The van der Waals surface area contributed by atoms with Gasteiger partial charge in [-0.1, -0.05) is 49.9 Å². The number of imide groups is 1. The number of fused-ring (bicyclic) bond motifs is 1. The average Bonchev–Trinajstić information content (AvgIpc) is 3.12. The fourth-order valence-electron chi connectivity index (χ4n) is 3.25. The molecule has 0 radical (unpaired) electrons. The molecule has 4 rings (SSSR count). The predicted molar refractivity (Wildman–Crippen MR) is 90.2 cm³/mol. The lowest BCUT2D eigenvalue weighted by Crippen LogP contribution is -2.31. The van der Waals surface area contributed by atoms with Crippen LogP contribution in [0.2, 0.25) is 0 Å². The van der Waals surface area contributed by atoms with Gasteiger partial charge in [-0.25, -0.2) is 4.90 Å². The van der Waals surface area contributed by atoms with Crippen molar-refractivity contribution in [3.05, 3.63) is 53.9 Å². The van der Waals surface area contributed by atoms with Crippen LogP contribution in [0.15, 0.2) is 42.5 Å². The fourth-order valence-corrected chi connectivity index (χ4v) is 3.25. The minimum atomic E-state index is -0.261. The van der Waals surface area contributed by atoms with Crippen LogP contribution in [0.3, 0.4) is 0 Å². The normalized spacial score (nSPS) is 22.4. The second kappa shape index (κ2) is 6.39. The van der Waals surface area contributed by atoms with Gasteiger partial charge in [-0.3, -0.25) is 14.7 Å². The Balaban J connectivity index is 0.00000169. The summed E-state index contributed by atoms with van der Waals surface area (Å²) in [6, 6.07) is 9.85. The second-order valence-electron chi connectivity index (χ2n) is 5.91. The zero-order valence-corrected chi connectivity index (χ0v) is 12.5. The molecule has 124 valence electrons. The van der Waals surface area contributed by atoms with Crippen LogP contribution >= 0.6 is 0 Å². The van der Waals surface area contributed by atoms with Gasteiger partial charge < -0.3 is 0 Å². The molecule has 2 amide bonds. The first kappa shape index (κ1) is 16.1. The molecule has 1 aliphatic carbocycles. The number of nitrogens with zero attached hydrogens (tertiary/aromatic N) is 3. The molecule has 2 aliphatic rings. The lowest BCUT2D eigenvalue weighted by atomic mass is 9.85. The number of benzene rings is 1. The predicted octanol–water partition coefficient (Wildman–Crippen LogP) is 2.49. The third-order valence-corrected chi connectivity index (χ3v) is 4.44. The first-order valence-corrected chi connectivity index (χ1v) is 7.72. The van der Waals surface area contributed by atoms with Gasteiger partial charge in [-0.15, -0.1) is 5.10 Å². The van der Waals surface area contributed by atoms with E-state index in [4.69, 9.17) is 0 Å². The first-order valence-electron chi connectivity index (χ1n) is 7.72. The molecule has 1 aromatic carbocycles. The molecule has 6 heteroatoms. The van der Waals surface area contributed by atoms with E-state index in [2.05, 4.69) is 15.2 Å². The highest BCUT2D eigenvalue weighted by molar-refractivity contribution is 6.21. The molecule has 6 nitrogen and oxygen atoms in total. The second-order valence-corrected chi connectivity index (χ2v) is 5.91. The van der Waals surface area contributed by atoms with Gasteiger partial charge in [-0.2, -0.15) is 4.98 Å². The van der Waals surface area contributed by atoms with Crippen LogP contribution in [0, 0.1) is 11.8 Å². The molecule has 0 bridgehead atoms. The molecule has 2 heterocycles. The summed E-state index contributed by atoms with van der Waals surface area (Å²) in [5.74, 6) is -0.0866. The Kier molecular flexibility index (Phi) is 4.29. The van der Waals surface area contributed by atoms with Gasteiger partial charge in [-0.05, 0) is 18.4 Å². The molecule has 1 aromatic heterocycles. The fraction of sp³-hybridized carbons (Fsp3) is 0.333. The molecule has 2 atom stereocenters. The topological polar surface area (TPSA) is 79.0 Å². The van der Waals surface area contributed by atoms with E-state index in [0.717, 1.165) is 10.5 Å². The summed E-state index contributed by atoms with van der Waals surface area (Å²) in [5.41, 5.74) is 1.09. The zero-order valence-electron chi connectivity index (χ0n) is 12.5. The monoisotopic (exact) mass is 324 g/mol. The summed E-state index contributed by atoms with van der Waals surface area (Å²) < 4.78 is 0. The minimum absolute atomic E-state index is 0. The number of nitrogens with one attached hydrogen (secondary N) is 1. The van der Waals surface area contributed by atoms with Gasteiger partial charge in [0, 0.05) is 6.42 Å². The van der Waals surface area contributed by atoms with Crippen molar-refractivity contribution < 1.29 is 9.59 Å². The third-order valence-electron chi connectivity index (χ3n) is 4.44. The molecule has 0 spiro atoms. The summed E-state index contributed by atoms with van der Waals surface area (Å²) >= 11 is 0. The Bertz CT molecular complexity index is 755. The number of rotatable bonds is 3. The van der Waals surface area contributed by atoms with E-state index in [1.165, 1.54) is 0 Å². The Labute approximate surface area is 140 Å². The van der Waals surface area contributed by atoms with Gasteiger partial charge in [0.15, 0.2) is 0 Å². The Morgan fingerprint density at radius 1 is 1.04 bits per heavy atom.